The number of aliphatic carboxylic acids is 1. The summed E-state index contributed by atoms with van der Waals surface area (Å²) in [7, 11) is 0. The van der Waals surface area contributed by atoms with Crippen molar-refractivity contribution < 1.29 is 28.2 Å². The molecule has 84 valence electrons. The van der Waals surface area contributed by atoms with Gasteiger partial charge < -0.3 is 14.6 Å². The Morgan fingerprint density at radius 3 is 2.81 bits per heavy atom. The Kier molecular flexibility index (Phi) is 2.26. The van der Waals surface area contributed by atoms with Gasteiger partial charge in [-0.3, -0.25) is 0 Å². The van der Waals surface area contributed by atoms with E-state index in [1.807, 2.05) is 0 Å². The number of alkyl halides is 2. The summed E-state index contributed by atoms with van der Waals surface area (Å²) < 4.78 is 33.9. The van der Waals surface area contributed by atoms with E-state index in [0.717, 1.165) is 12.2 Å². The van der Waals surface area contributed by atoms with Crippen molar-refractivity contribution in [2.24, 2.45) is 0 Å². The Labute approximate surface area is 88.7 Å². The summed E-state index contributed by atoms with van der Waals surface area (Å²) in [4.78, 5) is 10.3. The number of benzene rings is 1. The molecule has 0 radical (unpaired) electrons. The molecule has 4 nitrogen and oxygen atoms in total. The predicted molar refractivity (Wildman–Crippen MR) is 49.3 cm³/mol. The smallest absolute Gasteiger partial charge is 0.478 e. The van der Waals surface area contributed by atoms with E-state index in [2.05, 4.69) is 9.47 Å². The van der Waals surface area contributed by atoms with Crippen molar-refractivity contribution in [1.29, 1.82) is 0 Å². The second-order valence-electron chi connectivity index (χ2n) is 3.01. The van der Waals surface area contributed by atoms with Crippen molar-refractivity contribution in [3.8, 4) is 11.5 Å². The van der Waals surface area contributed by atoms with Crippen molar-refractivity contribution >= 4 is 12.0 Å². The van der Waals surface area contributed by atoms with Gasteiger partial charge in [-0.25, -0.2) is 4.79 Å². The third kappa shape index (κ3) is 1.95. The fraction of sp³-hybridized carbons (Fsp3) is 0.100. The zero-order valence-corrected chi connectivity index (χ0v) is 7.81. The molecule has 0 atom stereocenters. The van der Waals surface area contributed by atoms with E-state index < -0.39 is 12.3 Å². The number of carboxylic acids is 1. The molecule has 0 saturated carbocycles. The molecule has 1 N–H and O–H groups in total. The molecule has 0 fully saturated rings. The topological polar surface area (TPSA) is 55.8 Å². The standard InChI is InChI=1S/C10H6F2O4/c11-10(12)15-7-3-1-2-6(9(7)16-10)4-5-8(13)14/h1-5H,(H,13,14). The van der Waals surface area contributed by atoms with Crippen molar-refractivity contribution in [1.82, 2.24) is 0 Å². The highest BCUT2D eigenvalue weighted by Crippen LogP contribution is 2.43. The number of fused-ring (bicyclic) bond motifs is 1. The lowest BCUT2D eigenvalue weighted by Crippen LogP contribution is -2.26. The van der Waals surface area contributed by atoms with E-state index in [0.29, 0.717) is 0 Å². The number of ether oxygens (including phenoxy) is 2. The molecule has 0 bridgehead atoms. The zero-order chi connectivity index (χ0) is 11.8. The quantitative estimate of drug-likeness (QED) is 0.787. The maximum Gasteiger partial charge on any atom is 0.586 e. The van der Waals surface area contributed by atoms with Crippen LogP contribution in [-0.4, -0.2) is 17.4 Å². The number of rotatable bonds is 2. The molecule has 16 heavy (non-hydrogen) atoms. The first-order valence-corrected chi connectivity index (χ1v) is 4.28. The van der Waals surface area contributed by atoms with Crippen LogP contribution >= 0.6 is 0 Å². The number of hydrogen-bond acceptors (Lipinski definition) is 3. The summed E-state index contributed by atoms with van der Waals surface area (Å²) in [5.74, 6) is -1.45. The molecule has 1 aromatic carbocycles. The maximum atomic E-state index is 12.7. The number of carbonyl (C=O) groups is 1. The normalized spacial score (nSPS) is 16.6. The minimum absolute atomic E-state index is 0.113. The van der Waals surface area contributed by atoms with Crippen LogP contribution in [0, 0.1) is 0 Å². The van der Waals surface area contributed by atoms with E-state index in [9.17, 15) is 13.6 Å². The largest absolute Gasteiger partial charge is 0.586 e. The minimum atomic E-state index is -3.70. The average Bonchev–Trinajstić information content (AvgIpc) is 2.48. The van der Waals surface area contributed by atoms with Gasteiger partial charge in [0.25, 0.3) is 0 Å². The molecule has 2 rings (SSSR count). The van der Waals surface area contributed by atoms with Gasteiger partial charge in [0, 0.05) is 11.6 Å². The average molecular weight is 228 g/mol. The lowest BCUT2D eigenvalue weighted by atomic mass is 10.2. The molecular formula is C10H6F2O4. The van der Waals surface area contributed by atoms with Crippen LogP contribution in [0.5, 0.6) is 11.5 Å². The highest BCUT2D eigenvalue weighted by molar-refractivity contribution is 5.86. The molecule has 0 unspecified atom stereocenters. The van der Waals surface area contributed by atoms with Gasteiger partial charge in [-0.15, -0.1) is 8.78 Å². The van der Waals surface area contributed by atoms with E-state index in [-0.39, 0.29) is 17.1 Å². The zero-order valence-electron chi connectivity index (χ0n) is 7.81. The van der Waals surface area contributed by atoms with Gasteiger partial charge in [-0.2, -0.15) is 0 Å². The summed E-state index contributed by atoms with van der Waals surface area (Å²) in [6.07, 6.45) is -1.71. The fourth-order valence-corrected chi connectivity index (χ4v) is 1.28. The van der Waals surface area contributed by atoms with Crippen LogP contribution in [0.1, 0.15) is 5.56 Å². The van der Waals surface area contributed by atoms with Crippen molar-refractivity contribution in [2.75, 3.05) is 0 Å². The third-order valence-electron chi connectivity index (χ3n) is 1.86. The van der Waals surface area contributed by atoms with Gasteiger partial charge >= 0.3 is 12.3 Å². The Morgan fingerprint density at radius 1 is 1.38 bits per heavy atom. The number of carboxylic acid groups (broad SMARTS) is 1. The Hall–Kier alpha value is -2.11. The molecule has 1 aromatic rings. The molecule has 6 heteroatoms. The summed E-state index contributed by atoms with van der Waals surface area (Å²) in [5, 5.41) is 8.42. The van der Waals surface area contributed by atoms with Crippen molar-refractivity contribution in [3.05, 3.63) is 29.8 Å². The maximum absolute atomic E-state index is 12.7. The van der Waals surface area contributed by atoms with Crippen LogP contribution in [-0.2, 0) is 4.79 Å². The van der Waals surface area contributed by atoms with Crippen LogP contribution in [0.2, 0.25) is 0 Å². The fourth-order valence-electron chi connectivity index (χ4n) is 1.28. The second-order valence-corrected chi connectivity index (χ2v) is 3.01. The molecule has 1 aliphatic heterocycles. The van der Waals surface area contributed by atoms with Crippen LogP contribution in [0.25, 0.3) is 6.08 Å². The lowest BCUT2D eigenvalue weighted by Gasteiger charge is -2.05. The molecule has 0 saturated heterocycles. The highest BCUT2D eigenvalue weighted by atomic mass is 19.3. The minimum Gasteiger partial charge on any atom is -0.478 e. The van der Waals surface area contributed by atoms with Gasteiger partial charge in [-0.1, -0.05) is 12.1 Å². The summed E-state index contributed by atoms with van der Waals surface area (Å²) in [6.45, 7) is 0. The van der Waals surface area contributed by atoms with E-state index in [1.54, 1.807) is 0 Å². The van der Waals surface area contributed by atoms with Crippen LogP contribution in [0.3, 0.4) is 0 Å². The first-order valence-electron chi connectivity index (χ1n) is 4.28. The summed E-state index contributed by atoms with van der Waals surface area (Å²) >= 11 is 0. The Morgan fingerprint density at radius 2 is 2.12 bits per heavy atom. The molecule has 0 aromatic heterocycles. The monoisotopic (exact) mass is 228 g/mol. The molecular weight excluding hydrogens is 222 g/mol. The molecule has 0 aliphatic carbocycles. The van der Waals surface area contributed by atoms with Crippen LogP contribution in [0.4, 0.5) is 8.78 Å². The second kappa shape index (κ2) is 3.48. The van der Waals surface area contributed by atoms with Gasteiger partial charge in [0.15, 0.2) is 11.5 Å². The van der Waals surface area contributed by atoms with Crippen LogP contribution < -0.4 is 9.47 Å². The number of para-hydroxylation sites is 1. The first-order chi connectivity index (χ1) is 7.48. The highest BCUT2D eigenvalue weighted by Gasteiger charge is 2.44. The van der Waals surface area contributed by atoms with E-state index >= 15 is 0 Å². The van der Waals surface area contributed by atoms with Gasteiger partial charge in [-0.05, 0) is 12.1 Å². The van der Waals surface area contributed by atoms with Gasteiger partial charge in [0.05, 0.1) is 0 Å². The Bertz CT molecular complexity index is 468. The van der Waals surface area contributed by atoms with Crippen LogP contribution in [0.15, 0.2) is 24.3 Å². The molecule has 0 amide bonds. The summed E-state index contributed by atoms with van der Waals surface area (Å²) in [5.41, 5.74) is 0.220. The van der Waals surface area contributed by atoms with Gasteiger partial charge in [0.2, 0.25) is 0 Å². The van der Waals surface area contributed by atoms with E-state index in [4.69, 9.17) is 5.11 Å². The molecule has 0 spiro atoms. The lowest BCUT2D eigenvalue weighted by molar-refractivity contribution is -0.286. The van der Waals surface area contributed by atoms with E-state index in [1.165, 1.54) is 18.2 Å². The SMILES string of the molecule is O=C(O)C=Cc1cccc2c1OC(F)(F)O2. The predicted octanol–water partition coefficient (Wildman–Crippen LogP) is 2.11. The van der Waals surface area contributed by atoms with Crippen molar-refractivity contribution in [3.63, 3.8) is 0 Å². The van der Waals surface area contributed by atoms with Crippen molar-refractivity contribution in [2.45, 2.75) is 6.29 Å². The number of hydrogen-bond donors (Lipinski definition) is 1. The molecule has 1 heterocycles. The Balaban J connectivity index is 2.37. The first kappa shape index (κ1) is 10.4. The third-order valence-corrected chi connectivity index (χ3v) is 1.86. The summed E-state index contributed by atoms with van der Waals surface area (Å²) in [6, 6.07) is 4.22. The number of halogens is 2. The molecule has 1 aliphatic rings. The van der Waals surface area contributed by atoms with Gasteiger partial charge in [0.1, 0.15) is 0 Å².